The summed E-state index contributed by atoms with van der Waals surface area (Å²) in [6.07, 6.45) is 2.32. The number of ether oxygens (including phenoxy) is 1. The van der Waals surface area contributed by atoms with E-state index in [0.29, 0.717) is 26.1 Å². The molecular weight excluding hydrogens is 402 g/mol. The molecule has 2 unspecified atom stereocenters. The van der Waals surface area contributed by atoms with Gasteiger partial charge in [-0.2, -0.15) is 0 Å². The Hall–Kier alpha value is -1.48. The highest BCUT2D eigenvalue weighted by molar-refractivity contribution is 7.89. The van der Waals surface area contributed by atoms with E-state index in [2.05, 4.69) is 29.3 Å². The molecule has 0 bridgehead atoms. The lowest BCUT2D eigenvalue weighted by atomic mass is 9.98. The molecule has 2 atom stereocenters. The molecule has 0 saturated carbocycles. The Labute approximate surface area is 180 Å². The Balaban J connectivity index is 1.52. The standard InChI is InChI=1S/C22H35N3O4S/c1-3-12-30(27,28)25-9-5-8-21(17-25)22(26)23-14-19-6-4-7-20(13-19)16-24-10-11-29-18(2)15-24/h4,6-7,13,18,21H,3,5,8-12,14-17H2,1-2H3,(H,23,26). The van der Waals surface area contributed by atoms with E-state index in [1.165, 1.54) is 9.87 Å². The number of carbonyl (C=O) groups excluding carboxylic acids is 1. The topological polar surface area (TPSA) is 79.0 Å². The maximum Gasteiger partial charge on any atom is 0.224 e. The first kappa shape index (κ1) is 23.2. The van der Waals surface area contributed by atoms with Crippen LogP contribution in [0.2, 0.25) is 0 Å². The molecule has 0 spiro atoms. The van der Waals surface area contributed by atoms with E-state index >= 15 is 0 Å². The number of rotatable bonds is 8. The lowest BCUT2D eigenvalue weighted by Gasteiger charge is -2.31. The monoisotopic (exact) mass is 437 g/mol. The number of morpholine rings is 1. The highest BCUT2D eigenvalue weighted by atomic mass is 32.2. The van der Waals surface area contributed by atoms with Gasteiger partial charge in [0, 0.05) is 39.3 Å². The first-order valence-electron chi connectivity index (χ1n) is 11.0. The number of benzene rings is 1. The molecule has 1 N–H and O–H groups in total. The van der Waals surface area contributed by atoms with Crippen molar-refractivity contribution in [2.75, 3.05) is 38.5 Å². The van der Waals surface area contributed by atoms with Gasteiger partial charge in [0.05, 0.1) is 24.4 Å². The van der Waals surface area contributed by atoms with Crippen LogP contribution in [-0.2, 0) is 32.6 Å². The number of amides is 1. The average Bonchev–Trinajstić information content (AvgIpc) is 2.72. The second-order valence-electron chi connectivity index (χ2n) is 8.47. The summed E-state index contributed by atoms with van der Waals surface area (Å²) in [4.78, 5) is 15.1. The van der Waals surface area contributed by atoms with Crippen LogP contribution in [0.4, 0.5) is 0 Å². The normalized spacial score (nSPS) is 23.9. The summed E-state index contributed by atoms with van der Waals surface area (Å²) in [6.45, 7) is 8.75. The van der Waals surface area contributed by atoms with Gasteiger partial charge in [0.2, 0.25) is 15.9 Å². The first-order chi connectivity index (χ1) is 14.4. The third kappa shape index (κ3) is 6.51. The third-order valence-corrected chi connectivity index (χ3v) is 7.84. The lowest BCUT2D eigenvalue weighted by Crippen LogP contribution is -2.45. The Bertz CT molecular complexity index is 814. The molecule has 2 aliphatic rings. The molecule has 1 aromatic carbocycles. The van der Waals surface area contributed by atoms with Gasteiger partial charge in [0.25, 0.3) is 0 Å². The number of sulfonamides is 1. The molecule has 8 heteroatoms. The average molecular weight is 438 g/mol. The van der Waals surface area contributed by atoms with Crippen molar-refractivity contribution in [3.8, 4) is 0 Å². The minimum absolute atomic E-state index is 0.0567. The summed E-state index contributed by atoms with van der Waals surface area (Å²) in [5.41, 5.74) is 2.29. The molecule has 2 aliphatic heterocycles. The second-order valence-corrected chi connectivity index (χ2v) is 10.6. The van der Waals surface area contributed by atoms with Gasteiger partial charge < -0.3 is 10.1 Å². The minimum Gasteiger partial charge on any atom is -0.376 e. The molecule has 2 heterocycles. The highest BCUT2D eigenvalue weighted by Gasteiger charge is 2.31. The van der Waals surface area contributed by atoms with Gasteiger partial charge >= 0.3 is 0 Å². The Morgan fingerprint density at radius 2 is 2.03 bits per heavy atom. The molecule has 1 amide bonds. The van der Waals surface area contributed by atoms with Crippen LogP contribution in [0.1, 0.15) is 44.2 Å². The fourth-order valence-electron chi connectivity index (χ4n) is 4.26. The fourth-order valence-corrected chi connectivity index (χ4v) is 5.85. The van der Waals surface area contributed by atoms with Gasteiger partial charge in [0.15, 0.2) is 0 Å². The molecule has 0 radical (unpaired) electrons. The van der Waals surface area contributed by atoms with Crippen molar-refractivity contribution in [2.45, 2.75) is 52.3 Å². The summed E-state index contributed by atoms with van der Waals surface area (Å²) in [5, 5.41) is 3.02. The summed E-state index contributed by atoms with van der Waals surface area (Å²) in [5.74, 6) is -0.182. The van der Waals surface area contributed by atoms with Crippen LogP contribution in [0, 0.1) is 5.92 Å². The predicted molar refractivity (Wildman–Crippen MR) is 117 cm³/mol. The van der Waals surface area contributed by atoms with E-state index in [-0.39, 0.29) is 23.7 Å². The quantitative estimate of drug-likeness (QED) is 0.673. The van der Waals surface area contributed by atoms with Gasteiger partial charge in [-0.05, 0) is 37.3 Å². The summed E-state index contributed by atoms with van der Waals surface area (Å²) in [7, 11) is -3.25. The molecule has 0 aromatic heterocycles. The number of nitrogens with zero attached hydrogens (tertiary/aromatic N) is 2. The van der Waals surface area contributed by atoms with E-state index < -0.39 is 10.0 Å². The van der Waals surface area contributed by atoms with Crippen LogP contribution >= 0.6 is 0 Å². The van der Waals surface area contributed by atoms with Crippen LogP contribution in [0.25, 0.3) is 0 Å². The maximum absolute atomic E-state index is 12.7. The molecule has 2 fully saturated rings. The zero-order chi connectivity index (χ0) is 21.6. The van der Waals surface area contributed by atoms with Gasteiger partial charge in [-0.3, -0.25) is 9.69 Å². The summed E-state index contributed by atoms with van der Waals surface area (Å²) < 4.78 is 31.8. The number of hydrogen-bond acceptors (Lipinski definition) is 5. The van der Waals surface area contributed by atoms with E-state index in [4.69, 9.17) is 4.74 Å². The van der Waals surface area contributed by atoms with Crippen LogP contribution in [0.15, 0.2) is 24.3 Å². The van der Waals surface area contributed by atoms with E-state index in [1.54, 1.807) is 0 Å². The molecule has 168 valence electrons. The van der Waals surface area contributed by atoms with Crippen LogP contribution < -0.4 is 5.32 Å². The SMILES string of the molecule is CCCS(=O)(=O)N1CCCC(C(=O)NCc2cccc(CN3CCOC(C)C3)c2)C1. The molecular formula is C22H35N3O4S. The maximum atomic E-state index is 12.7. The number of carbonyl (C=O) groups is 1. The van der Waals surface area contributed by atoms with E-state index in [0.717, 1.165) is 44.6 Å². The Morgan fingerprint density at radius 3 is 2.80 bits per heavy atom. The van der Waals surface area contributed by atoms with Crippen molar-refractivity contribution in [3.63, 3.8) is 0 Å². The summed E-state index contributed by atoms with van der Waals surface area (Å²) >= 11 is 0. The van der Waals surface area contributed by atoms with Crippen LogP contribution in [-0.4, -0.2) is 68.2 Å². The largest absolute Gasteiger partial charge is 0.376 e. The van der Waals surface area contributed by atoms with Gasteiger partial charge in [-0.25, -0.2) is 12.7 Å². The lowest BCUT2D eigenvalue weighted by molar-refractivity contribution is -0.126. The molecule has 7 nitrogen and oxygen atoms in total. The van der Waals surface area contributed by atoms with Crippen molar-refractivity contribution in [2.24, 2.45) is 5.92 Å². The van der Waals surface area contributed by atoms with Crippen molar-refractivity contribution in [1.82, 2.24) is 14.5 Å². The zero-order valence-corrected chi connectivity index (χ0v) is 19.0. The van der Waals surface area contributed by atoms with Crippen molar-refractivity contribution < 1.29 is 17.9 Å². The van der Waals surface area contributed by atoms with Crippen molar-refractivity contribution >= 4 is 15.9 Å². The van der Waals surface area contributed by atoms with Crippen molar-refractivity contribution in [3.05, 3.63) is 35.4 Å². The van der Waals surface area contributed by atoms with Crippen LogP contribution in [0.3, 0.4) is 0 Å². The van der Waals surface area contributed by atoms with Crippen molar-refractivity contribution in [1.29, 1.82) is 0 Å². The second kappa shape index (κ2) is 10.7. The fraction of sp³-hybridized carbons (Fsp3) is 0.682. The molecule has 1 aromatic rings. The highest BCUT2D eigenvalue weighted by Crippen LogP contribution is 2.20. The zero-order valence-electron chi connectivity index (χ0n) is 18.2. The molecule has 2 saturated heterocycles. The number of hydrogen-bond donors (Lipinski definition) is 1. The predicted octanol–water partition coefficient (Wildman–Crippen LogP) is 1.98. The van der Waals surface area contributed by atoms with Gasteiger partial charge in [-0.15, -0.1) is 0 Å². The third-order valence-electron chi connectivity index (χ3n) is 5.80. The minimum atomic E-state index is -3.25. The van der Waals surface area contributed by atoms with E-state index in [1.807, 2.05) is 19.1 Å². The molecule has 30 heavy (non-hydrogen) atoms. The van der Waals surface area contributed by atoms with Crippen LogP contribution in [0.5, 0.6) is 0 Å². The summed E-state index contributed by atoms with van der Waals surface area (Å²) in [6, 6.07) is 8.30. The molecule has 3 rings (SSSR count). The molecule has 0 aliphatic carbocycles. The van der Waals surface area contributed by atoms with Gasteiger partial charge in [-0.1, -0.05) is 31.2 Å². The Morgan fingerprint density at radius 1 is 1.23 bits per heavy atom. The first-order valence-corrected chi connectivity index (χ1v) is 12.7. The smallest absolute Gasteiger partial charge is 0.224 e. The number of nitrogens with one attached hydrogen (secondary N) is 1. The number of piperidine rings is 1. The van der Waals surface area contributed by atoms with Gasteiger partial charge in [0.1, 0.15) is 0 Å². The van der Waals surface area contributed by atoms with E-state index in [9.17, 15) is 13.2 Å². The Kier molecular flexibility index (Phi) is 8.27.